The summed E-state index contributed by atoms with van der Waals surface area (Å²) in [7, 11) is -1.13. The molecule has 0 atom stereocenters. The van der Waals surface area contributed by atoms with Crippen LogP contribution in [-0.2, 0) is 19.6 Å². The molecule has 0 radical (unpaired) electrons. The van der Waals surface area contributed by atoms with E-state index in [1.807, 2.05) is 0 Å². The van der Waals surface area contributed by atoms with Crippen LogP contribution >= 0.6 is 11.6 Å². The number of hydrogen-bond donors (Lipinski definition) is 2. The van der Waals surface area contributed by atoms with E-state index in [-0.39, 0.29) is 15.5 Å². The molecule has 2 aromatic rings. The quantitative estimate of drug-likeness (QED) is 0.673. The molecule has 27 heavy (non-hydrogen) atoms. The van der Waals surface area contributed by atoms with Crippen LogP contribution in [0.25, 0.3) is 0 Å². The Morgan fingerprint density at radius 1 is 1.15 bits per heavy atom. The number of amides is 1. The number of rotatable bonds is 7. The highest BCUT2D eigenvalue weighted by atomic mass is 35.5. The molecule has 2 N–H and O–H groups in total. The molecular weight excluding hydrogens is 396 g/mol. The van der Waals surface area contributed by atoms with Crippen molar-refractivity contribution in [2.24, 2.45) is 0 Å². The van der Waals surface area contributed by atoms with E-state index in [4.69, 9.17) is 21.1 Å². The summed E-state index contributed by atoms with van der Waals surface area (Å²) in [6.45, 7) is -0.549. The summed E-state index contributed by atoms with van der Waals surface area (Å²) < 4.78 is 35.9. The Labute approximate surface area is 161 Å². The van der Waals surface area contributed by atoms with Crippen LogP contribution in [0.5, 0.6) is 5.75 Å². The third-order valence-electron chi connectivity index (χ3n) is 3.41. The predicted octanol–water partition coefficient (Wildman–Crippen LogP) is 2.05. The minimum atomic E-state index is -3.84. The number of sulfonamides is 1. The number of carbonyl (C=O) groups is 2. The second-order valence-electron chi connectivity index (χ2n) is 5.21. The third kappa shape index (κ3) is 5.43. The van der Waals surface area contributed by atoms with Crippen molar-refractivity contribution in [3.8, 4) is 5.75 Å². The van der Waals surface area contributed by atoms with Gasteiger partial charge in [-0.05, 0) is 37.4 Å². The summed E-state index contributed by atoms with van der Waals surface area (Å²) >= 11 is 5.86. The first kappa shape index (κ1) is 20.7. The number of anilines is 1. The first-order valence-electron chi connectivity index (χ1n) is 7.61. The smallest absolute Gasteiger partial charge is 0.338 e. The van der Waals surface area contributed by atoms with Crippen molar-refractivity contribution < 1.29 is 27.5 Å². The maximum atomic E-state index is 12.1. The van der Waals surface area contributed by atoms with Crippen LogP contribution in [0.3, 0.4) is 0 Å². The van der Waals surface area contributed by atoms with Crippen LogP contribution in [0.1, 0.15) is 10.4 Å². The Kier molecular flexibility index (Phi) is 6.78. The highest BCUT2D eigenvalue weighted by molar-refractivity contribution is 7.89. The Bertz CT molecular complexity index is 962. The van der Waals surface area contributed by atoms with Crippen LogP contribution in [0.2, 0.25) is 5.02 Å². The van der Waals surface area contributed by atoms with Gasteiger partial charge in [-0.1, -0.05) is 17.7 Å². The Balaban J connectivity index is 2.03. The fraction of sp³-hybridized carbons (Fsp3) is 0.176. The zero-order chi connectivity index (χ0) is 20.0. The minimum Gasteiger partial charge on any atom is -0.497 e. The lowest BCUT2D eigenvalue weighted by Gasteiger charge is -2.09. The first-order chi connectivity index (χ1) is 12.8. The second-order valence-corrected chi connectivity index (χ2v) is 7.47. The zero-order valence-corrected chi connectivity index (χ0v) is 16.1. The number of methoxy groups -OCH3 is 1. The molecule has 144 valence electrons. The molecule has 0 fully saturated rings. The molecule has 0 saturated heterocycles. The molecule has 0 heterocycles. The SMILES string of the molecule is CNS(=O)(=O)c1cc(C(=O)OCC(=O)Nc2cccc(OC)c2)ccc1Cl. The summed E-state index contributed by atoms with van der Waals surface area (Å²) in [5.74, 6) is -0.863. The van der Waals surface area contributed by atoms with Crippen LogP contribution in [0.15, 0.2) is 47.4 Å². The number of halogens is 1. The average molecular weight is 413 g/mol. The highest BCUT2D eigenvalue weighted by Crippen LogP contribution is 2.23. The lowest BCUT2D eigenvalue weighted by Crippen LogP contribution is -2.22. The van der Waals surface area contributed by atoms with Crippen molar-refractivity contribution >= 4 is 39.2 Å². The van der Waals surface area contributed by atoms with Crippen molar-refractivity contribution in [1.82, 2.24) is 4.72 Å². The van der Waals surface area contributed by atoms with E-state index in [0.717, 1.165) is 6.07 Å². The fourth-order valence-electron chi connectivity index (χ4n) is 2.06. The van der Waals surface area contributed by atoms with Crippen molar-refractivity contribution in [2.45, 2.75) is 4.90 Å². The molecule has 0 spiro atoms. The Hall–Kier alpha value is -2.62. The van der Waals surface area contributed by atoms with E-state index in [0.29, 0.717) is 11.4 Å². The predicted molar refractivity (Wildman–Crippen MR) is 99.6 cm³/mol. The summed E-state index contributed by atoms with van der Waals surface area (Å²) in [6, 6.07) is 10.3. The molecule has 0 aliphatic carbocycles. The van der Waals surface area contributed by atoms with Crippen molar-refractivity contribution in [3.05, 3.63) is 53.1 Å². The molecule has 8 nitrogen and oxygen atoms in total. The monoisotopic (exact) mass is 412 g/mol. The lowest BCUT2D eigenvalue weighted by molar-refractivity contribution is -0.119. The molecule has 0 aliphatic heterocycles. The number of esters is 1. The molecular formula is C17H17ClN2O6S. The molecule has 1 amide bonds. The van der Waals surface area contributed by atoms with E-state index in [1.165, 1.54) is 26.3 Å². The van der Waals surface area contributed by atoms with Gasteiger partial charge in [-0.3, -0.25) is 4.79 Å². The summed E-state index contributed by atoms with van der Waals surface area (Å²) in [5, 5.41) is 2.51. The number of nitrogens with one attached hydrogen (secondary N) is 2. The van der Waals surface area contributed by atoms with Crippen LogP contribution < -0.4 is 14.8 Å². The van der Waals surface area contributed by atoms with Gasteiger partial charge in [0.15, 0.2) is 6.61 Å². The molecule has 10 heteroatoms. The van der Waals surface area contributed by atoms with E-state index >= 15 is 0 Å². The standard InChI is InChI=1S/C17H17ClN2O6S/c1-19-27(23,24)15-8-11(6-7-14(15)18)17(22)26-10-16(21)20-12-4-3-5-13(9-12)25-2/h3-9,19H,10H2,1-2H3,(H,20,21). The summed E-state index contributed by atoms with van der Waals surface area (Å²) in [6.07, 6.45) is 0. The average Bonchev–Trinajstić information content (AvgIpc) is 2.66. The number of carbonyl (C=O) groups excluding carboxylic acids is 2. The molecule has 0 bridgehead atoms. The largest absolute Gasteiger partial charge is 0.497 e. The second kappa shape index (κ2) is 8.85. The van der Waals surface area contributed by atoms with Gasteiger partial charge in [0, 0.05) is 11.8 Å². The van der Waals surface area contributed by atoms with Gasteiger partial charge in [0.2, 0.25) is 10.0 Å². The normalized spacial score (nSPS) is 10.9. The molecule has 0 unspecified atom stereocenters. The zero-order valence-electron chi connectivity index (χ0n) is 14.5. The maximum absolute atomic E-state index is 12.1. The molecule has 2 aromatic carbocycles. The maximum Gasteiger partial charge on any atom is 0.338 e. The van der Waals surface area contributed by atoms with Gasteiger partial charge >= 0.3 is 5.97 Å². The molecule has 0 aliphatic rings. The van der Waals surface area contributed by atoms with E-state index < -0.39 is 28.5 Å². The first-order valence-corrected chi connectivity index (χ1v) is 9.47. The van der Waals surface area contributed by atoms with E-state index in [1.54, 1.807) is 24.3 Å². The third-order valence-corrected chi connectivity index (χ3v) is 5.31. The number of benzene rings is 2. The van der Waals surface area contributed by atoms with Gasteiger partial charge in [0.25, 0.3) is 5.91 Å². The van der Waals surface area contributed by atoms with Crippen molar-refractivity contribution in [3.63, 3.8) is 0 Å². The Morgan fingerprint density at radius 2 is 1.89 bits per heavy atom. The van der Waals surface area contributed by atoms with Crippen molar-refractivity contribution in [1.29, 1.82) is 0 Å². The molecule has 2 rings (SSSR count). The Morgan fingerprint density at radius 3 is 2.56 bits per heavy atom. The fourth-order valence-corrected chi connectivity index (χ4v) is 3.31. The van der Waals surface area contributed by atoms with Crippen molar-refractivity contribution in [2.75, 3.05) is 26.1 Å². The van der Waals surface area contributed by atoms with Gasteiger partial charge in [-0.2, -0.15) is 0 Å². The molecule has 0 aromatic heterocycles. The van der Waals surface area contributed by atoms with Crippen LogP contribution in [-0.4, -0.2) is 41.1 Å². The lowest BCUT2D eigenvalue weighted by atomic mass is 10.2. The van der Waals surface area contributed by atoms with E-state index in [9.17, 15) is 18.0 Å². The van der Waals surface area contributed by atoms with E-state index in [2.05, 4.69) is 10.0 Å². The van der Waals surface area contributed by atoms with Crippen LogP contribution in [0.4, 0.5) is 5.69 Å². The highest BCUT2D eigenvalue weighted by Gasteiger charge is 2.19. The van der Waals surface area contributed by atoms with Gasteiger partial charge in [0.1, 0.15) is 10.6 Å². The van der Waals surface area contributed by atoms with Gasteiger partial charge in [0.05, 0.1) is 17.7 Å². The van der Waals surface area contributed by atoms with Gasteiger partial charge < -0.3 is 14.8 Å². The number of hydrogen-bond acceptors (Lipinski definition) is 6. The van der Waals surface area contributed by atoms with Gasteiger partial charge in [-0.15, -0.1) is 0 Å². The topological polar surface area (TPSA) is 111 Å². The minimum absolute atomic E-state index is 0.0448. The van der Waals surface area contributed by atoms with Gasteiger partial charge in [-0.25, -0.2) is 17.9 Å². The number of ether oxygens (including phenoxy) is 2. The summed E-state index contributed by atoms with van der Waals surface area (Å²) in [4.78, 5) is 23.8. The summed E-state index contributed by atoms with van der Waals surface area (Å²) in [5.41, 5.74) is 0.423. The van der Waals surface area contributed by atoms with Crippen LogP contribution in [0, 0.1) is 0 Å². The molecule has 0 saturated carbocycles.